The third-order valence-electron chi connectivity index (χ3n) is 2.86. The van der Waals surface area contributed by atoms with Crippen LogP contribution in [0.1, 0.15) is 40.0 Å². The Hall–Kier alpha value is -0.500. The van der Waals surface area contributed by atoms with Crippen LogP contribution in [0.15, 0.2) is 11.8 Å². The van der Waals surface area contributed by atoms with Gasteiger partial charge < -0.3 is 9.84 Å². The summed E-state index contributed by atoms with van der Waals surface area (Å²) in [7, 11) is 0. The standard InChI is InChI=1S/C11H20O2/c1-4-11(12,9(2)3)10-7-5-6-8-13-10/h7,9,12H,4-6,8H2,1-3H3. The van der Waals surface area contributed by atoms with E-state index in [2.05, 4.69) is 0 Å². The van der Waals surface area contributed by atoms with E-state index in [4.69, 9.17) is 4.74 Å². The molecular weight excluding hydrogens is 164 g/mol. The molecule has 0 amide bonds. The summed E-state index contributed by atoms with van der Waals surface area (Å²) >= 11 is 0. The zero-order chi connectivity index (χ0) is 9.90. The van der Waals surface area contributed by atoms with E-state index >= 15 is 0 Å². The van der Waals surface area contributed by atoms with Gasteiger partial charge in [-0.05, 0) is 31.3 Å². The molecule has 0 aliphatic carbocycles. The SMILES string of the molecule is CCC(O)(C1=CCCCO1)C(C)C. The topological polar surface area (TPSA) is 29.5 Å². The highest BCUT2D eigenvalue weighted by Gasteiger charge is 2.35. The molecule has 1 unspecified atom stereocenters. The average molecular weight is 184 g/mol. The maximum Gasteiger partial charge on any atom is 0.124 e. The van der Waals surface area contributed by atoms with Crippen LogP contribution in [0, 0.1) is 5.92 Å². The molecule has 2 heteroatoms. The second-order valence-electron chi connectivity index (χ2n) is 3.99. The number of hydrogen-bond acceptors (Lipinski definition) is 2. The predicted molar refractivity (Wildman–Crippen MR) is 53.3 cm³/mol. The Labute approximate surface area is 80.6 Å². The summed E-state index contributed by atoms with van der Waals surface area (Å²) in [6.07, 6.45) is 4.86. The molecule has 0 bridgehead atoms. The van der Waals surface area contributed by atoms with E-state index in [-0.39, 0.29) is 5.92 Å². The fraction of sp³-hybridized carbons (Fsp3) is 0.818. The van der Waals surface area contributed by atoms with Crippen molar-refractivity contribution < 1.29 is 9.84 Å². The van der Waals surface area contributed by atoms with Crippen molar-refractivity contribution >= 4 is 0 Å². The van der Waals surface area contributed by atoms with Gasteiger partial charge in [0.05, 0.1) is 6.61 Å². The van der Waals surface area contributed by atoms with Crippen LogP contribution in [-0.2, 0) is 4.74 Å². The Bertz CT molecular complexity index is 196. The molecule has 1 aliphatic heterocycles. The van der Waals surface area contributed by atoms with Crippen molar-refractivity contribution in [1.82, 2.24) is 0 Å². The van der Waals surface area contributed by atoms with Gasteiger partial charge in [-0.25, -0.2) is 0 Å². The van der Waals surface area contributed by atoms with Crippen molar-refractivity contribution in [2.75, 3.05) is 6.61 Å². The lowest BCUT2D eigenvalue weighted by atomic mass is 9.85. The third-order valence-corrected chi connectivity index (χ3v) is 2.86. The lowest BCUT2D eigenvalue weighted by Crippen LogP contribution is -2.38. The highest BCUT2D eigenvalue weighted by molar-refractivity contribution is 5.12. The van der Waals surface area contributed by atoms with Crippen LogP contribution >= 0.6 is 0 Å². The zero-order valence-corrected chi connectivity index (χ0v) is 8.84. The van der Waals surface area contributed by atoms with E-state index in [9.17, 15) is 5.11 Å². The van der Waals surface area contributed by atoms with Crippen LogP contribution < -0.4 is 0 Å². The van der Waals surface area contributed by atoms with Crippen LogP contribution in [0.3, 0.4) is 0 Å². The Kier molecular flexibility index (Phi) is 3.37. The normalized spacial score (nSPS) is 22.1. The number of hydrogen-bond donors (Lipinski definition) is 1. The first-order valence-electron chi connectivity index (χ1n) is 5.17. The molecule has 0 aromatic carbocycles. The summed E-state index contributed by atoms with van der Waals surface area (Å²) in [5, 5.41) is 10.3. The van der Waals surface area contributed by atoms with Gasteiger partial charge >= 0.3 is 0 Å². The molecule has 0 aromatic rings. The van der Waals surface area contributed by atoms with Gasteiger partial charge in [-0.2, -0.15) is 0 Å². The average Bonchev–Trinajstić information content (AvgIpc) is 2.17. The van der Waals surface area contributed by atoms with E-state index in [1.807, 2.05) is 26.8 Å². The molecule has 0 saturated heterocycles. The molecule has 1 rings (SSSR count). The first-order chi connectivity index (χ1) is 6.11. The lowest BCUT2D eigenvalue weighted by Gasteiger charge is -2.34. The molecule has 2 nitrogen and oxygen atoms in total. The Morgan fingerprint density at radius 3 is 2.69 bits per heavy atom. The van der Waals surface area contributed by atoms with Crippen molar-refractivity contribution in [1.29, 1.82) is 0 Å². The van der Waals surface area contributed by atoms with Crippen LogP contribution in [0.2, 0.25) is 0 Å². The monoisotopic (exact) mass is 184 g/mol. The molecule has 1 aliphatic rings. The molecule has 76 valence electrons. The van der Waals surface area contributed by atoms with Crippen LogP contribution in [-0.4, -0.2) is 17.3 Å². The molecule has 0 spiro atoms. The molecule has 0 fully saturated rings. The van der Waals surface area contributed by atoms with E-state index in [0.29, 0.717) is 0 Å². The molecule has 1 N–H and O–H groups in total. The Balaban J connectivity index is 2.80. The first kappa shape index (κ1) is 10.6. The highest BCUT2D eigenvalue weighted by Crippen LogP contribution is 2.32. The van der Waals surface area contributed by atoms with Gasteiger partial charge in [0.15, 0.2) is 0 Å². The van der Waals surface area contributed by atoms with Crippen molar-refractivity contribution in [2.24, 2.45) is 5.92 Å². The third kappa shape index (κ3) is 2.05. The largest absolute Gasteiger partial charge is 0.495 e. The van der Waals surface area contributed by atoms with E-state index in [0.717, 1.165) is 31.6 Å². The van der Waals surface area contributed by atoms with Gasteiger partial charge in [0.2, 0.25) is 0 Å². The fourth-order valence-corrected chi connectivity index (χ4v) is 1.73. The zero-order valence-electron chi connectivity index (χ0n) is 8.84. The van der Waals surface area contributed by atoms with Gasteiger partial charge in [-0.1, -0.05) is 20.8 Å². The van der Waals surface area contributed by atoms with Gasteiger partial charge in [-0.3, -0.25) is 0 Å². The van der Waals surface area contributed by atoms with Crippen molar-refractivity contribution in [3.05, 3.63) is 11.8 Å². The number of rotatable bonds is 3. The molecule has 13 heavy (non-hydrogen) atoms. The van der Waals surface area contributed by atoms with E-state index in [1.165, 1.54) is 0 Å². The summed E-state index contributed by atoms with van der Waals surface area (Å²) in [5.41, 5.74) is -0.750. The number of allylic oxidation sites excluding steroid dienone is 1. The van der Waals surface area contributed by atoms with Crippen molar-refractivity contribution in [2.45, 2.75) is 45.6 Å². The highest BCUT2D eigenvalue weighted by atomic mass is 16.5. The molecule has 0 aromatic heterocycles. The van der Waals surface area contributed by atoms with Gasteiger partial charge in [0.25, 0.3) is 0 Å². The molecule has 0 saturated carbocycles. The maximum absolute atomic E-state index is 10.3. The van der Waals surface area contributed by atoms with Gasteiger partial charge in [0, 0.05) is 0 Å². The van der Waals surface area contributed by atoms with Crippen molar-refractivity contribution in [3.8, 4) is 0 Å². The second kappa shape index (κ2) is 4.14. The summed E-state index contributed by atoms with van der Waals surface area (Å²) < 4.78 is 5.51. The Morgan fingerprint density at radius 2 is 2.31 bits per heavy atom. The van der Waals surface area contributed by atoms with Gasteiger partial charge in [0.1, 0.15) is 11.4 Å². The fourth-order valence-electron chi connectivity index (χ4n) is 1.73. The quantitative estimate of drug-likeness (QED) is 0.730. The summed E-state index contributed by atoms with van der Waals surface area (Å²) in [5.74, 6) is 0.998. The van der Waals surface area contributed by atoms with E-state index in [1.54, 1.807) is 0 Å². The molecule has 1 atom stereocenters. The van der Waals surface area contributed by atoms with Crippen LogP contribution in [0.5, 0.6) is 0 Å². The van der Waals surface area contributed by atoms with Gasteiger partial charge in [-0.15, -0.1) is 0 Å². The molecular formula is C11H20O2. The summed E-state index contributed by atoms with van der Waals surface area (Å²) in [6.45, 7) is 6.81. The smallest absolute Gasteiger partial charge is 0.124 e. The minimum absolute atomic E-state index is 0.210. The predicted octanol–water partition coefficient (Wildman–Crippen LogP) is 2.48. The van der Waals surface area contributed by atoms with Crippen LogP contribution in [0.25, 0.3) is 0 Å². The summed E-state index contributed by atoms with van der Waals surface area (Å²) in [4.78, 5) is 0. The van der Waals surface area contributed by atoms with Crippen molar-refractivity contribution in [3.63, 3.8) is 0 Å². The second-order valence-corrected chi connectivity index (χ2v) is 3.99. The Morgan fingerprint density at radius 1 is 1.62 bits per heavy atom. The van der Waals surface area contributed by atoms with E-state index < -0.39 is 5.60 Å². The first-order valence-corrected chi connectivity index (χ1v) is 5.17. The summed E-state index contributed by atoms with van der Waals surface area (Å²) in [6, 6.07) is 0. The molecule has 1 heterocycles. The minimum Gasteiger partial charge on any atom is -0.495 e. The number of ether oxygens (including phenoxy) is 1. The lowest BCUT2D eigenvalue weighted by molar-refractivity contribution is -0.0324. The van der Waals surface area contributed by atoms with Crippen LogP contribution in [0.4, 0.5) is 0 Å². The number of aliphatic hydroxyl groups is 1. The molecule has 0 radical (unpaired) electrons. The maximum atomic E-state index is 10.3. The minimum atomic E-state index is -0.750.